The van der Waals surface area contributed by atoms with E-state index in [4.69, 9.17) is 5.26 Å². The summed E-state index contributed by atoms with van der Waals surface area (Å²) < 4.78 is 51.9. The smallest absolute Gasteiger partial charge is 0.379 e. The standard InChI is InChI=1S/C18H16F4N2O2S/c1-17(26,10-27-14-6-3-12(19)4-7-14)16(25)24-13-5-2-11(9-23)15(8-13)18(20,21)22/h2-4,6-8,13,26H,5,10H2,1H3,(H,24,25). The molecule has 1 aromatic carbocycles. The molecule has 2 N–H and O–H groups in total. The molecule has 2 rings (SSSR count). The Morgan fingerprint density at radius 2 is 2.00 bits per heavy atom. The fraction of sp³-hybridized carbons (Fsp3) is 0.333. The Morgan fingerprint density at radius 1 is 1.37 bits per heavy atom. The van der Waals surface area contributed by atoms with Crippen molar-refractivity contribution in [2.45, 2.75) is 36.1 Å². The van der Waals surface area contributed by atoms with Gasteiger partial charge in [0.15, 0.2) is 0 Å². The second-order valence-corrected chi connectivity index (χ2v) is 7.19. The number of carbonyl (C=O) groups excluding carboxylic acids is 1. The van der Waals surface area contributed by atoms with E-state index in [1.165, 1.54) is 37.3 Å². The van der Waals surface area contributed by atoms with Crippen LogP contribution in [0.5, 0.6) is 0 Å². The van der Waals surface area contributed by atoms with Crippen molar-refractivity contribution in [2.75, 3.05) is 5.75 Å². The van der Waals surface area contributed by atoms with Crippen LogP contribution in [0.4, 0.5) is 17.6 Å². The summed E-state index contributed by atoms with van der Waals surface area (Å²) in [5.74, 6) is -1.33. The minimum absolute atomic E-state index is 0.00932. The Kier molecular flexibility index (Phi) is 6.34. The maximum atomic E-state index is 13.0. The fourth-order valence-electron chi connectivity index (χ4n) is 2.31. The van der Waals surface area contributed by atoms with Crippen molar-refractivity contribution in [1.29, 1.82) is 5.26 Å². The van der Waals surface area contributed by atoms with Crippen LogP contribution >= 0.6 is 11.8 Å². The fourth-order valence-corrected chi connectivity index (χ4v) is 3.22. The molecule has 0 saturated carbocycles. The zero-order chi connectivity index (χ0) is 20.2. The molecule has 0 bridgehead atoms. The van der Waals surface area contributed by atoms with Gasteiger partial charge in [-0.05, 0) is 43.7 Å². The number of halogens is 4. The molecule has 1 aromatic rings. The third-order valence-electron chi connectivity index (χ3n) is 3.80. The van der Waals surface area contributed by atoms with E-state index in [9.17, 15) is 27.5 Å². The van der Waals surface area contributed by atoms with Crippen molar-refractivity contribution in [3.05, 3.63) is 53.4 Å². The molecule has 0 aromatic heterocycles. The first-order valence-electron chi connectivity index (χ1n) is 7.84. The van der Waals surface area contributed by atoms with E-state index in [0.29, 0.717) is 4.90 Å². The van der Waals surface area contributed by atoms with Crippen LogP contribution < -0.4 is 5.32 Å². The van der Waals surface area contributed by atoms with Crippen molar-refractivity contribution in [3.8, 4) is 6.07 Å². The van der Waals surface area contributed by atoms with Crippen LogP contribution in [-0.4, -0.2) is 34.6 Å². The molecule has 2 atom stereocenters. The second-order valence-electron chi connectivity index (χ2n) is 6.14. The van der Waals surface area contributed by atoms with E-state index < -0.39 is 40.7 Å². The number of benzene rings is 1. The van der Waals surface area contributed by atoms with Crippen LogP contribution in [0.3, 0.4) is 0 Å². The molecule has 0 aliphatic heterocycles. The molecule has 1 aliphatic rings. The van der Waals surface area contributed by atoms with Gasteiger partial charge < -0.3 is 10.4 Å². The molecular formula is C18H16F4N2O2S. The first kappa shape index (κ1) is 21.0. The van der Waals surface area contributed by atoms with E-state index in [1.807, 2.05) is 0 Å². The van der Waals surface area contributed by atoms with Crippen molar-refractivity contribution in [1.82, 2.24) is 5.32 Å². The van der Waals surface area contributed by atoms with Crippen molar-refractivity contribution < 1.29 is 27.5 Å². The van der Waals surface area contributed by atoms with Crippen molar-refractivity contribution in [2.24, 2.45) is 0 Å². The Balaban J connectivity index is 2.02. The number of rotatable bonds is 5. The lowest BCUT2D eigenvalue weighted by Crippen LogP contribution is -2.50. The first-order chi connectivity index (χ1) is 12.5. The van der Waals surface area contributed by atoms with E-state index in [0.717, 1.165) is 23.9 Å². The summed E-state index contributed by atoms with van der Waals surface area (Å²) in [7, 11) is 0. The number of aliphatic hydroxyl groups is 1. The van der Waals surface area contributed by atoms with E-state index in [-0.39, 0.29) is 12.2 Å². The second kappa shape index (κ2) is 8.15. The molecule has 0 heterocycles. The van der Waals surface area contributed by atoms with Gasteiger partial charge in [-0.25, -0.2) is 4.39 Å². The molecule has 2 unspecified atom stereocenters. The Bertz CT molecular complexity index is 808. The highest BCUT2D eigenvalue weighted by atomic mass is 32.2. The van der Waals surface area contributed by atoms with Gasteiger partial charge in [-0.2, -0.15) is 18.4 Å². The quantitative estimate of drug-likeness (QED) is 0.586. The lowest BCUT2D eigenvalue weighted by Gasteiger charge is -2.27. The van der Waals surface area contributed by atoms with Crippen LogP contribution in [0, 0.1) is 17.1 Å². The SMILES string of the molecule is CC(O)(CSc1ccc(F)cc1)C(=O)NC1C=C(C(F)(F)F)C(C#N)=CC1. The molecule has 144 valence electrons. The van der Waals surface area contributed by atoms with Crippen LogP contribution in [0.1, 0.15) is 13.3 Å². The normalized spacial score (nSPS) is 19.4. The zero-order valence-corrected chi connectivity index (χ0v) is 15.0. The van der Waals surface area contributed by atoms with Gasteiger partial charge in [0.25, 0.3) is 5.91 Å². The van der Waals surface area contributed by atoms with Crippen LogP contribution in [0.2, 0.25) is 0 Å². The molecule has 0 radical (unpaired) electrons. The van der Waals surface area contributed by atoms with Gasteiger partial charge in [0, 0.05) is 10.6 Å². The molecule has 0 saturated heterocycles. The number of nitrogens with one attached hydrogen (secondary N) is 1. The number of hydrogen-bond acceptors (Lipinski definition) is 4. The number of thioether (sulfide) groups is 1. The van der Waals surface area contributed by atoms with Crippen molar-refractivity contribution >= 4 is 17.7 Å². The van der Waals surface area contributed by atoms with E-state index in [1.54, 1.807) is 0 Å². The average molecular weight is 400 g/mol. The van der Waals surface area contributed by atoms with Crippen LogP contribution in [0.25, 0.3) is 0 Å². The molecule has 1 aliphatic carbocycles. The largest absolute Gasteiger partial charge is 0.417 e. The zero-order valence-electron chi connectivity index (χ0n) is 14.2. The monoisotopic (exact) mass is 400 g/mol. The van der Waals surface area contributed by atoms with Gasteiger partial charge in [-0.3, -0.25) is 4.79 Å². The minimum atomic E-state index is -4.72. The molecule has 0 fully saturated rings. The number of allylic oxidation sites excluding steroid dienone is 2. The molecule has 1 amide bonds. The van der Waals surface area contributed by atoms with Gasteiger partial charge in [-0.1, -0.05) is 6.08 Å². The van der Waals surface area contributed by atoms with Gasteiger partial charge in [0.1, 0.15) is 11.4 Å². The molecule has 4 nitrogen and oxygen atoms in total. The third kappa shape index (κ3) is 5.58. The topological polar surface area (TPSA) is 73.1 Å². The molecular weight excluding hydrogens is 384 g/mol. The summed E-state index contributed by atoms with van der Waals surface area (Å²) in [5, 5.41) is 21.5. The molecule has 9 heteroatoms. The number of carbonyl (C=O) groups is 1. The van der Waals surface area contributed by atoms with Gasteiger partial charge in [0.05, 0.1) is 23.3 Å². The highest BCUT2D eigenvalue weighted by Gasteiger charge is 2.39. The van der Waals surface area contributed by atoms with E-state index >= 15 is 0 Å². The number of hydrogen-bond donors (Lipinski definition) is 2. The number of amides is 1. The Labute approximate surface area is 157 Å². The number of alkyl halides is 3. The maximum Gasteiger partial charge on any atom is 0.417 e. The maximum absolute atomic E-state index is 13.0. The Morgan fingerprint density at radius 3 is 2.56 bits per heavy atom. The van der Waals surface area contributed by atoms with Crippen LogP contribution in [-0.2, 0) is 4.79 Å². The lowest BCUT2D eigenvalue weighted by atomic mass is 9.94. The summed E-state index contributed by atoms with van der Waals surface area (Å²) in [4.78, 5) is 12.9. The predicted molar refractivity (Wildman–Crippen MR) is 92.1 cm³/mol. The number of nitriles is 1. The van der Waals surface area contributed by atoms with Gasteiger partial charge in [0.2, 0.25) is 0 Å². The Hall–Kier alpha value is -2.31. The van der Waals surface area contributed by atoms with Crippen LogP contribution in [0.15, 0.2) is 52.5 Å². The molecule has 27 heavy (non-hydrogen) atoms. The summed E-state index contributed by atoms with van der Waals surface area (Å²) in [6, 6.07) is 5.95. The highest BCUT2D eigenvalue weighted by molar-refractivity contribution is 7.99. The summed E-state index contributed by atoms with van der Waals surface area (Å²) in [6.07, 6.45) is -2.82. The highest BCUT2D eigenvalue weighted by Crippen LogP contribution is 2.34. The summed E-state index contributed by atoms with van der Waals surface area (Å²) >= 11 is 1.11. The lowest BCUT2D eigenvalue weighted by molar-refractivity contribution is -0.136. The third-order valence-corrected chi connectivity index (χ3v) is 5.11. The minimum Gasteiger partial charge on any atom is -0.379 e. The van der Waals surface area contributed by atoms with E-state index in [2.05, 4.69) is 5.32 Å². The van der Waals surface area contributed by atoms with Gasteiger partial charge >= 0.3 is 6.18 Å². The first-order valence-corrected chi connectivity index (χ1v) is 8.83. The van der Waals surface area contributed by atoms with Gasteiger partial charge in [-0.15, -0.1) is 11.8 Å². The predicted octanol–water partition coefficient (Wildman–Crippen LogP) is 3.50. The average Bonchev–Trinajstić information content (AvgIpc) is 2.60. The number of nitrogens with zero attached hydrogens (tertiary/aromatic N) is 1. The van der Waals surface area contributed by atoms with Crippen molar-refractivity contribution in [3.63, 3.8) is 0 Å². The molecule has 0 spiro atoms. The summed E-state index contributed by atoms with van der Waals surface area (Å²) in [5.41, 5.74) is -3.46. The summed E-state index contributed by atoms with van der Waals surface area (Å²) in [6.45, 7) is 1.24.